The number of hydrogen-bond acceptors (Lipinski definition) is 5. The van der Waals surface area contributed by atoms with Crippen LogP contribution in [0, 0.1) is 0 Å². The molecule has 0 aromatic carbocycles. The third kappa shape index (κ3) is 2.47. The first-order chi connectivity index (χ1) is 8.79. The number of rotatable bonds is 2. The first-order valence-corrected chi connectivity index (χ1v) is 9.61. The van der Waals surface area contributed by atoms with Gasteiger partial charge in [-0.25, -0.2) is 4.98 Å². The molecule has 2 heterocycles. The van der Waals surface area contributed by atoms with Crippen molar-refractivity contribution in [1.29, 1.82) is 0 Å². The fourth-order valence-corrected chi connectivity index (χ4v) is 7.16. The predicted molar refractivity (Wildman–Crippen MR) is 84.0 cm³/mol. The number of nitrogens with zero attached hydrogens (tertiary/aromatic N) is 1. The molecule has 0 bridgehead atoms. The van der Waals surface area contributed by atoms with E-state index in [0.29, 0.717) is 16.5 Å². The van der Waals surface area contributed by atoms with E-state index in [-0.39, 0.29) is 0 Å². The Morgan fingerprint density at radius 2 is 2.11 bits per heavy atom. The van der Waals surface area contributed by atoms with E-state index in [0.717, 1.165) is 0 Å². The first kappa shape index (κ1) is 13.3. The Bertz CT molecular complexity index is 418. The van der Waals surface area contributed by atoms with Crippen molar-refractivity contribution in [2.45, 2.75) is 42.7 Å². The average Bonchev–Trinajstić information content (AvgIpc) is 2.82. The minimum absolute atomic E-state index is 0.552. The van der Waals surface area contributed by atoms with Crippen LogP contribution in [0.3, 0.4) is 0 Å². The predicted octanol–water partition coefficient (Wildman–Crippen LogP) is 3.65. The van der Waals surface area contributed by atoms with Crippen LogP contribution in [0.25, 0.3) is 0 Å². The van der Waals surface area contributed by atoms with E-state index in [2.05, 4.69) is 42.8 Å². The molecule has 0 spiro atoms. The molecule has 0 radical (unpaired) electrons. The lowest BCUT2D eigenvalue weighted by molar-refractivity contribution is 0.500. The summed E-state index contributed by atoms with van der Waals surface area (Å²) in [5.41, 5.74) is 1.38. The molecular formula is C13H20N2S3. The summed E-state index contributed by atoms with van der Waals surface area (Å²) in [5.74, 6) is 2.58. The maximum Gasteiger partial charge on any atom is 0.107 e. The fourth-order valence-electron chi connectivity index (χ4n) is 2.74. The summed E-state index contributed by atoms with van der Waals surface area (Å²) in [6, 6.07) is 0.552. The molecule has 1 aliphatic heterocycles. The molecule has 2 aliphatic rings. The average molecular weight is 301 g/mol. The number of fused-ring (bicyclic) bond motifs is 1. The summed E-state index contributed by atoms with van der Waals surface area (Å²) in [6.45, 7) is 2.36. The molecule has 1 aromatic rings. The molecule has 3 unspecified atom stereocenters. The Labute approximate surface area is 122 Å². The number of hydrogen-bond donors (Lipinski definition) is 1. The van der Waals surface area contributed by atoms with E-state index in [9.17, 15) is 0 Å². The van der Waals surface area contributed by atoms with Gasteiger partial charge in [0.05, 0.1) is 10.9 Å². The SMILES string of the molecule is CNC1CCCc2nc(C3SCCSC3C)sc21. The number of aryl methyl sites for hydroxylation is 1. The van der Waals surface area contributed by atoms with Crippen LogP contribution in [0.4, 0.5) is 0 Å². The van der Waals surface area contributed by atoms with Crippen molar-refractivity contribution in [3.05, 3.63) is 15.6 Å². The van der Waals surface area contributed by atoms with Crippen molar-refractivity contribution in [2.75, 3.05) is 18.6 Å². The standard InChI is InChI=1S/C13H20N2S3/c1-8-11(17-7-6-16-8)13-15-10-5-3-4-9(14-2)12(10)18-13/h8-9,11,14H,3-7H2,1-2H3. The number of aromatic nitrogens is 1. The van der Waals surface area contributed by atoms with Crippen molar-refractivity contribution < 1.29 is 0 Å². The molecule has 0 saturated carbocycles. The van der Waals surface area contributed by atoms with Crippen molar-refractivity contribution in [3.8, 4) is 0 Å². The second-order valence-electron chi connectivity index (χ2n) is 4.96. The quantitative estimate of drug-likeness (QED) is 0.901. The molecule has 1 aliphatic carbocycles. The molecule has 2 nitrogen and oxygen atoms in total. The minimum atomic E-state index is 0.552. The number of thiazole rings is 1. The zero-order chi connectivity index (χ0) is 12.5. The molecule has 1 fully saturated rings. The monoisotopic (exact) mass is 300 g/mol. The van der Waals surface area contributed by atoms with Gasteiger partial charge >= 0.3 is 0 Å². The van der Waals surface area contributed by atoms with Crippen LogP contribution in [0.2, 0.25) is 0 Å². The van der Waals surface area contributed by atoms with Gasteiger partial charge in [0.25, 0.3) is 0 Å². The maximum absolute atomic E-state index is 4.97. The van der Waals surface area contributed by atoms with E-state index < -0.39 is 0 Å². The normalized spacial score (nSPS) is 32.2. The smallest absolute Gasteiger partial charge is 0.107 e. The van der Waals surface area contributed by atoms with E-state index in [1.54, 1.807) is 0 Å². The topological polar surface area (TPSA) is 24.9 Å². The Hall–Kier alpha value is 0.290. The zero-order valence-corrected chi connectivity index (χ0v) is 13.4. The summed E-state index contributed by atoms with van der Waals surface area (Å²) in [6.07, 6.45) is 3.74. The molecule has 3 atom stereocenters. The molecule has 18 heavy (non-hydrogen) atoms. The second kappa shape index (κ2) is 5.73. The summed E-state index contributed by atoms with van der Waals surface area (Å²) < 4.78 is 0. The van der Waals surface area contributed by atoms with Gasteiger partial charge in [0, 0.05) is 27.7 Å². The highest BCUT2D eigenvalue weighted by Crippen LogP contribution is 2.46. The highest BCUT2D eigenvalue weighted by molar-refractivity contribution is 8.06. The van der Waals surface area contributed by atoms with Crippen molar-refractivity contribution in [3.63, 3.8) is 0 Å². The summed E-state index contributed by atoms with van der Waals surface area (Å²) in [7, 11) is 2.08. The molecule has 0 amide bonds. The van der Waals surface area contributed by atoms with Crippen LogP contribution in [0.1, 0.15) is 46.6 Å². The largest absolute Gasteiger partial charge is 0.312 e. The summed E-state index contributed by atoms with van der Waals surface area (Å²) >= 11 is 6.18. The third-order valence-corrected chi connectivity index (χ3v) is 8.29. The Kier molecular flexibility index (Phi) is 4.23. The molecule has 1 aromatic heterocycles. The molecule has 3 rings (SSSR count). The molecule has 1 N–H and O–H groups in total. The first-order valence-electron chi connectivity index (χ1n) is 6.69. The van der Waals surface area contributed by atoms with Crippen LogP contribution in [0.15, 0.2) is 0 Å². The van der Waals surface area contributed by atoms with Gasteiger partial charge < -0.3 is 5.32 Å². The highest BCUT2D eigenvalue weighted by Gasteiger charge is 2.30. The van der Waals surface area contributed by atoms with Gasteiger partial charge in [-0.05, 0) is 26.3 Å². The molecular weight excluding hydrogens is 280 g/mol. The Balaban J connectivity index is 1.87. The fraction of sp³-hybridized carbons (Fsp3) is 0.769. The third-order valence-electron chi connectivity index (χ3n) is 3.75. The van der Waals surface area contributed by atoms with Crippen LogP contribution in [0.5, 0.6) is 0 Å². The van der Waals surface area contributed by atoms with Gasteiger partial charge in [-0.1, -0.05) is 6.92 Å². The van der Waals surface area contributed by atoms with Gasteiger partial charge in [-0.2, -0.15) is 11.8 Å². The van der Waals surface area contributed by atoms with Gasteiger partial charge in [0.2, 0.25) is 0 Å². The lowest BCUT2D eigenvalue weighted by Crippen LogP contribution is -2.19. The van der Waals surface area contributed by atoms with Crippen molar-refractivity contribution in [1.82, 2.24) is 10.3 Å². The number of nitrogens with one attached hydrogen (secondary N) is 1. The summed E-state index contributed by atoms with van der Waals surface area (Å²) in [5, 5.41) is 6.16. The molecule has 1 saturated heterocycles. The number of thioether (sulfide) groups is 2. The van der Waals surface area contributed by atoms with E-state index in [4.69, 9.17) is 4.98 Å². The molecule has 100 valence electrons. The lowest BCUT2D eigenvalue weighted by atomic mass is 9.98. The van der Waals surface area contributed by atoms with E-state index in [1.807, 2.05) is 11.3 Å². The minimum Gasteiger partial charge on any atom is -0.312 e. The lowest BCUT2D eigenvalue weighted by Gasteiger charge is -2.25. The zero-order valence-electron chi connectivity index (χ0n) is 10.9. The van der Waals surface area contributed by atoms with Gasteiger partial charge in [0.15, 0.2) is 0 Å². The van der Waals surface area contributed by atoms with Gasteiger partial charge in [0.1, 0.15) is 5.01 Å². The van der Waals surface area contributed by atoms with E-state index >= 15 is 0 Å². The van der Waals surface area contributed by atoms with E-state index in [1.165, 1.54) is 46.3 Å². The Morgan fingerprint density at radius 3 is 2.89 bits per heavy atom. The summed E-state index contributed by atoms with van der Waals surface area (Å²) in [4.78, 5) is 6.48. The van der Waals surface area contributed by atoms with Crippen LogP contribution in [-0.2, 0) is 6.42 Å². The van der Waals surface area contributed by atoms with Crippen LogP contribution >= 0.6 is 34.9 Å². The van der Waals surface area contributed by atoms with Gasteiger partial charge in [-0.15, -0.1) is 23.1 Å². The van der Waals surface area contributed by atoms with Crippen LogP contribution in [-0.4, -0.2) is 28.8 Å². The maximum atomic E-state index is 4.97. The van der Waals surface area contributed by atoms with Gasteiger partial charge in [-0.3, -0.25) is 0 Å². The van der Waals surface area contributed by atoms with Crippen LogP contribution < -0.4 is 5.32 Å². The Morgan fingerprint density at radius 1 is 1.28 bits per heavy atom. The highest BCUT2D eigenvalue weighted by atomic mass is 32.2. The van der Waals surface area contributed by atoms with Crippen molar-refractivity contribution in [2.24, 2.45) is 0 Å². The van der Waals surface area contributed by atoms with Crippen molar-refractivity contribution >= 4 is 34.9 Å². The molecule has 5 heteroatoms. The second-order valence-corrected chi connectivity index (χ2v) is 8.76.